The van der Waals surface area contributed by atoms with E-state index in [4.69, 9.17) is 14.6 Å². The van der Waals surface area contributed by atoms with E-state index in [9.17, 15) is 4.79 Å². The zero-order valence-electron chi connectivity index (χ0n) is 8.19. The van der Waals surface area contributed by atoms with Gasteiger partial charge in [-0.2, -0.15) is 0 Å². The molecule has 1 aromatic carbocycles. The third-order valence-corrected chi connectivity index (χ3v) is 2.26. The van der Waals surface area contributed by atoms with Crippen molar-refractivity contribution < 1.29 is 19.4 Å². The van der Waals surface area contributed by atoms with E-state index in [2.05, 4.69) is 0 Å². The molecule has 0 aromatic heterocycles. The highest BCUT2D eigenvalue weighted by Gasteiger charge is 2.20. The Morgan fingerprint density at radius 3 is 3.00 bits per heavy atom. The lowest BCUT2D eigenvalue weighted by atomic mass is 10.0. The quantitative estimate of drug-likeness (QED) is 0.798. The smallest absolute Gasteiger partial charge is 0.335 e. The van der Waals surface area contributed by atoms with Crippen molar-refractivity contribution in [2.75, 3.05) is 7.11 Å². The fraction of sp³-hybridized carbons (Fsp3) is 0.182. The molecule has 4 nitrogen and oxygen atoms in total. The SMILES string of the molecule is COc1cccc2c1OC=C(C(=O)O)C2. The Bertz CT molecular complexity index is 434. The molecule has 1 aliphatic rings. The Kier molecular flexibility index (Phi) is 2.33. The predicted molar refractivity (Wildman–Crippen MR) is 53.0 cm³/mol. The summed E-state index contributed by atoms with van der Waals surface area (Å²) < 4.78 is 10.4. The first-order chi connectivity index (χ1) is 7.22. The zero-order chi connectivity index (χ0) is 10.8. The third-order valence-electron chi connectivity index (χ3n) is 2.26. The number of para-hydroxylation sites is 1. The van der Waals surface area contributed by atoms with E-state index in [0.29, 0.717) is 17.9 Å². The second kappa shape index (κ2) is 3.65. The Balaban J connectivity index is 2.38. The first kappa shape index (κ1) is 9.58. The van der Waals surface area contributed by atoms with Crippen LogP contribution in [-0.2, 0) is 11.2 Å². The second-order valence-corrected chi connectivity index (χ2v) is 3.19. The molecule has 0 amide bonds. The Morgan fingerprint density at radius 2 is 2.33 bits per heavy atom. The van der Waals surface area contributed by atoms with Gasteiger partial charge >= 0.3 is 5.97 Å². The molecule has 0 saturated heterocycles. The summed E-state index contributed by atoms with van der Waals surface area (Å²) in [5.41, 5.74) is 1.07. The van der Waals surface area contributed by atoms with Gasteiger partial charge in [0.15, 0.2) is 11.5 Å². The van der Waals surface area contributed by atoms with Crippen LogP contribution in [0.3, 0.4) is 0 Å². The largest absolute Gasteiger partial charge is 0.493 e. The van der Waals surface area contributed by atoms with Crippen molar-refractivity contribution in [3.8, 4) is 11.5 Å². The van der Waals surface area contributed by atoms with E-state index < -0.39 is 5.97 Å². The van der Waals surface area contributed by atoms with Gasteiger partial charge in [-0.3, -0.25) is 0 Å². The van der Waals surface area contributed by atoms with Gasteiger partial charge in [0.2, 0.25) is 0 Å². The minimum absolute atomic E-state index is 0.246. The molecule has 0 radical (unpaired) electrons. The average Bonchev–Trinajstić information content (AvgIpc) is 2.27. The molecule has 78 valence electrons. The van der Waals surface area contributed by atoms with Gasteiger partial charge in [0.05, 0.1) is 12.7 Å². The van der Waals surface area contributed by atoms with Gasteiger partial charge in [-0.25, -0.2) is 4.79 Å². The van der Waals surface area contributed by atoms with Crippen molar-refractivity contribution in [3.05, 3.63) is 35.6 Å². The number of benzene rings is 1. The Morgan fingerprint density at radius 1 is 1.53 bits per heavy atom. The van der Waals surface area contributed by atoms with Gasteiger partial charge in [0.25, 0.3) is 0 Å². The first-order valence-electron chi connectivity index (χ1n) is 4.47. The average molecular weight is 206 g/mol. The fourth-order valence-corrected chi connectivity index (χ4v) is 1.50. The zero-order valence-corrected chi connectivity index (χ0v) is 8.19. The van der Waals surface area contributed by atoms with Gasteiger partial charge in [0, 0.05) is 12.0 Å². The lowest BCUT2D eigenvalue weighted by Gasteiger charge is -2.17. The minimum atomic E-state index is -0.955. The summed E-state index contributed by atoms with van der Waals surface area (Å²) in [5.74, 6) is 0.265. The van der Waals surface area contributed by atoms with Crippen molar-refractivity contribution in [1.82, 2.24) is 0 Å². The molecule has 0 spiro atoms. The van der Waals surface area contributed by atoms with Crippen molar-refractivity contribution in [2.24, 2.45) is 0 Å². The van der Waals surface area contributed by atoms with Crippen LogP contribution in [-0.4, -0.2) is 18.2 Å². The molecule has 1 aromatic rings. The molecule has 0 fully saturated rings. The van der Waals surface area contributed by atoms with E-state index in [1.807, 2.05) is 12.1 Å². The summed E-state index contributed by atoms with van der Waals surface area (Å²) in [6, 6.07) is 5.41. The standard InChI is InChI=1S/C11H10O4/c1-14-9-4-2-3-7-5-8(11(12)13)6-15-10(7)9/h2-4,6H,5H2,1H3,(H,12,13). The maximum absolute atomic E-state index is 10.7. The number of carboxylic acid groups (broad SMARTS) is 1. The fourth-order valence-electron chi connectivity index (χ4n) is 1.50. The maximum atomic E-state index is 10.7. The molecule has 0 bridgehead atoms. The van der Waals surface area contributed by atoms with Crippen LogP contribution in [0.1, 0.15) is 5.56 Å². The van der Waals surface area contributed by atoms with Crippen LogP contribution >= 0.6 is 0 Å². The van der Waals surface area contributed by atoms with Gasteiger partial charge < -0.3 is 14.6 Å². The molecule has 0 aliphatic carbocycles. The number of hydrogen-bond donors (Lipinski definition) is 1. The summed E-state index contributed by atoms with van der Waals surface area (Å²) in [5, 5.41) is 8.81. The van der Waals surface area contributed by atoms with Crippen LogP contribution in [0.25, 0.3) is 0 Å². The minimum Gasteiger partial charge on any atom is -0.493 e. The Hall–Kier alpha value is -1.97. The topological polar surface area (TPSA) is 55.8 Å². The molecule has 1 aliphatic heterocycles. The highest BCUT2D eigenvalue weighted by Crippen LogP contribution is 2.35. The van der Waals surface area contributed by atoms with E-state index >= 15 is 0 Å². The molecule has 4 heteroatoms. The number of hydrogen-bond acceptors (Lipinski definition) is 3. The number of methoxy groups -OCH3 is 1. The van der Waals surface area contributed by atoms with Crippen LogP contribution < -0.4 is 9.47 Å². The van der Waals surface area contributed by atoms with Crippen molar-refractivity contribution in [2.45, 2.75) is 6.42 Å². The summed E-state index contributed by atoms with van der Waals surface area (Å²) in [6.07, 6.45) is 1.62. The summed E-state index contributed by atoms with van der Waals surface area (Å²) in [7, 11) is 1.55. The molecular formula is C11H10O4. The monoisotopic (exact) mass is 206 g/mol. The Labute approximate surface area is 86.7 Å². The molecule has 0 atom stereocenters. The highest BCUT2D eigenvalue weighted by molar-refractivity contribution is 5.87. The highest BCUT2D eigenvalue weighted by atomic mass is 16.5. The summed E-state index contributed by atoms with van der Waals surface area (Å²) in [4.78, 5) is 10.7. The van der Waals surface area contributed by atoms with Crippen molar-refractivity contribution in [3.63, 3.8) is 0 Å². The molecule has 1 heterocycles. The second-order valence-electron chi connectivity index (χ2n) is 3.19. The third kappa shape index (κ3) is 1.66. The lowest BCUT2D eigenvalue weighted by molar-refractivity contribution is -0.132. The van der Waals surface area contributed by atoms with Gasteiger partial charge in [-0.05, 0) is 6.07 Å². The molecule has 0 unspecified atom stereocenters. The van der Waals surface area contributed by atoms with E-state index in [1.54, 1.807) is 13.2 Å². The first-order valence-corrected chi connectivity index (χ1v) is 4.47. The van der Waals surface area contributed by atoms with Crippen molar-refractivity contribution in [1.29, 1.82) is 0 Å². The summed E-state index contributed by atoms with van der Waals surface area (Å²) in [6.45, 7) is 0. The van der Waals surface area contributed by atoms with Gasteiger partial charge in [0.1, 0.15) is 6.26 Å². The molecule has 2 rings (SSSR count). The van der Waals surface area contributed by atoms with E-state index in [-0.39, 0.29) is 5.57 Å². The number of carbonyl (C=O) groups is 1. The van der Waals surface area contributed by atoms with Crippen LogP contribution in [0.2, 0.25) is 0 Å². The van der Waals surface area contributed by atoms with E-state index in [1.165, 1.54) is 6.26 Å². The molecule has 15 heavy (non-hydrogen) atoms. The van der Waals surface area contributed by atoms with Crippen LogP contribution in [0.5, 0.6) is 11.5 Å². The number of rotatable bonds is 2. The number of aliphatic carboxylic acids is 1. The molecule has 1 N–H and O–H groups in total. The predicted octanol–water partition coefficient (Wildman–Crippen LogP) is 1.60. The van der Waals surface area contributed by atoms with Crippen LogP contribution in [0, 0.1) is 0 Å². The number of ether oxygens (including phenoxy) is 2. The molecular weight excluding hydrogens is 196 g/mol. The number of carboxylic acids is 1. The van der Waals surface area contributed by atoms with Crippen molar-refractivity contribution >= 4 is 5.97 Å². The van der Waals surface area contributed by atoms with Crippen LogP contribution in [0.15, 0.2) is 30.0 Å². The van der Waals surface area contributed by atoms with Gasteiger partial charge in [-0.15, -0.1) is 0 Å². The van der Waals surface area contributed by atoms with Crippen LogP contribution in [0.4, 0.5) is 0 Å². The van der Waals surface area contributed by atoms with E-state index in [0.717, 1.165) is 5.56 Å². The molecule has 0 saturated carbocycles. The number of fused-ring (bicyclic) bond motifs is 1. The summed E-state index contributed by atoms with van der Waals surface area (Å²) >= 11 is 0. The normalized spacial score (nSPS) is 13.5. The maximum Gasteiger partial charge on any atom is 0.335 e. The van der Waals surface area contributed by atoms with Gasteiger partial charge in [-0.1, -0.05) is 12.1 Å². The lowest BCUT2D eigenvalue weighted by Crippen LogP contribution is -2.11.